The number of ether oxygens (including phenoxy) is 1. The van der Waals surface area contributed by atoms with Crippen molar-refractivity contribution in [3.8, 4) is 0 Å². The van der Waals surface area contributed by atoms with Gasteiger partial charge < -0.3 is 9.64 Å². The minimum absolute atomic E-state index is 0.183. The summed E-state index contributed by atoms with van der Waals surface area (Å²) >= 11 is 0. The first kappa shape index (κ1) is 12.9. The summed E-state index contributed by atoms with van der Waals surface area (Å²) in [4.78, 5) is 13.7. The van der Waals surface area contributed by atoms with Gasteiger partial charge in [-0.2, -0.15) is 0 Å². The number of likely N-dealkylation sites (tertiary alicyclic amines) is 1. The average molecular weight is 247 g/mol. The second kappa shape index (κ2) is 6.43. The number of rotatable bonds is 2. The van der Waals surface area contributed by atoms with Crippen molar-refractivity contribution >= 4 is 6.09 Å². The molecule has 0 aromatic heterocycles. The van der Waals surface area contributed by atoms with Crippen LogP contribution in [0.5, 0.6) is 0 Å². The second-order valence-electron chi connectivity index (χ2n) is 4.86. The van der Waals surface area contributed by atoms with Crippen LogP contribution in [0.25, 0.3) is 0 Å². The Kier molecular flexibility index (Phi) is 4.62. The summed E-state index contributed by atoms with van der Waals surface area (Å²) in [6.45, 7) is 0.824. The molecule has 0 radical (unpaired) electrons. The Morgan fingerprint density at radius 2 is 2.06 bits per heavy atom. The lowest BCUT2D eigenvalue weighted by molar-refractivity contribution is 0.106. The van der Waals surface area contributed by atoms with E-state index in [1.54, 1.807) is 0 Å². The molecule has 1 heterocycles. The molecule has 3 nitrogen and oxygen atoms in total. The van der Waals surface area contributed by atoms with Crippen LogP contribution >= 0.6 is 0 Å². The van der Waals surface area contributed by atoms with Gasteiger partial charge in [0.25, 0.3) is 0 Å². The first-order chi connectivity index (χ1) is 8.81. The zero-order valence-corrected chi connectivity index (χ0v) is 11.0. The van der Waals surface area contributed by atoms with Gasteiger partial charge in [-0.15, -0.1) is 0 Å². The molecule has 3 heteroatoms. The molecule has 0 spiro atoms. The number of carbonyl (C=O) groups excluding carboxylic acids is 1. The van der Waals surface area contributed by atoms with E-state index >= 15 is 0 Å². The smallest absolute Gasteiger partial charge is 0.409 e. The van der Waals surface area contributed by atoms with Crippen molar-refractivity contribution in [2.24, 2.45) is 0 Å². The Balaban J connectivity index is 2.08. The third-order valence-corrected chi connectivity index (χ3v) is 3.60. The second-order valence-corrected chi connectivity index (χ2v) is 4.86. The fourth-order valence-electron chi connectivity index (χ4n) is 2.63. The molecule has 1 aromatic carbocycles. The van der Waals surface area contributed by atoms with Gasteiger partial charge in [0.1, 0.15) is 0 Å². The lowest BCUT2D eigenvalue weighted by Gasteiger charge is -2.28. The highest BCUT2D eigenvalue weighted by Gasteiger charge is 2.25. The monoisotopic (exact) mass is 247 g/mol. The van der Waals surface area contributed by atoms with E-state index in [0.29, 0.717) is 0 Å². The number of carbonyl (C=O) groups is 1. The Labute approximate surface area is 109 Å². The molecule has 18 heavy (non-hydrogen) atoms. The number of nitrogens with zero attached hydrogens (tertiary/aromatic N) is 1. The first-order valence-electron chi connectivity index (χ1n) is 6.70. The lowest BCUT2D eigenvalue weighted by Crippen LogP contribution is -2.41. The molecule has 2 rings (SSSR count). The van der Waals surface area contributed by atoms with E-state index in [4.69, 9.17) is 4.74 Å². The molecule has 0 saturated carbocycles. The molecule has 1 aromatic rings. The highest BCUT2D eigenvalue weighted by molar-refractivity contribution is 5.67. The average Bonchev–Trinajstić information content (AvgIpc) is 2.64. The van der Waals surface area contributed by atoms with Crippen LogP contribution in [0.3, 0.4) is 0 Å². The number of benzene rings is 1. The molecule has 1 aliphatic rings. The molecule has 0 unspecified atom stereocenters. The van der Waals surface area contributed by atoms with Gasteiger partial charge in [-0.3, -0.25) is 0 Å². The van der Waals surface area contributed by atoms with Gasteiger partial charge in [0, 0.05) is 12.6 Å². The maximum Gasteiger partial charge on any atom is 0.409 e. The molecular weight excluding hydrogens is 226 g/mol. The van der Waals surface area contributed by atoms with Crippen molar-refractivity contribution in [2.75, 3.05) is 13.7 Å². The van der Waals surface area contributed by atoms with E-state index in [-0.39, 0.29) is 12.1 Å². The number of amides is 1. The quantitative estimate of drug-likeness (QED) is 0.803. The summed E-state index contributed by atoms with van der Waals surface area (Å²) in [6.07, 6.45) is 5.31. The molecule has 0 aliphatic carbocycles. The van der Waals surface area contributed by atoms with Gasteiger partial charge >= 0.3 is 6.09 Å². The van der Waals surface area contributed by atoms with Crippen molar-refractivity contribution in [1.82, 2.24) is 4.90 Å². The molecule has 1 fully saturated rings. The van der Waals surface area contributed by atoms with E-state index in [2.05, 4.69) is 24.3 Å². The zero-order valence-electron chi connectivity index (χ0n) is 11.0. The molecule has 98 valence electrons. The predicted octanol–water partition coefficient (Wildman–Crippen LogP) is 3.24. The predicted molar refractivity (Wildman–Crippen MR) is 71.5 cm³/mol. The standard InChI is InChI=1S/C15H21NO2/c1-18-15(17)16-11-7-3-6-10-14(16)12-13-8-4-2-5-9-13/h2,4-5,8-9,14H,3,6-7,10-12H2,1H3/t14-/m0/s1. The van der Waals surface area contributed by atoms with E-state index in [0.717, 1.165) is 25.8 Å². The summed E-state index contributed by atoms with van der Waals surface area (Å²) in [5.74, 6) is 0. The van der Waals surface area contributed by atoms with E-state index in [1.807, 2.05) is 11.0 Å². The van der Waals surface area contributed by atoms with E-state index in [1.165, 1.54) is 25.5 Å². The maximum atomic E-state index is 11.8. The Hall–Kier alpha value is -1.51. The van der Waals surface area contributed by atoms with Gasteiger partial charge in [-0.25, -0.2) is 4.79 Å². The summed E-state index contributed by atoms with van der Waals surface area (Å²) in [7, 11) is 1.47. The van der Waals surface area contributed by atoms with E-state index < -0.39 is 0 Å². The van der Waals surface area contributed by atoms with Crippen molar-refractivity contribution in [3.63, 3.8) is 0 Å². The molecule has 0 N–H and O–H groups in total. The summed E-state index contributed by atoms with van der Waals surface area (Å²) in [5.41, 5.74) is 1.29. The highest BCUT2D eigenvalue weighted by Crippen LogP contribution is 2.21. The van der Waals surface area contributed by atoms with Gasteiger partial charge in [0.2, 0.25) is 0 Å². The topological polar surface area (TPSA) is 29.5 Å². The van der Waals surface area contributed by atoms with Crippen molar-refractivity contribution in [3.05, 3.63) is 35.9 Å². The Morgan fingerprint density at radius 1 is 1.28 bits per heavy atom. The fraction of sp³-hybridized carbons (Fsp3) is 0.533. The SMILES string of the molecule is COC(=O)N1CCCCC[C@H]1Cc1ccccc1. The number of hydrogen-bond acceptors (Lipinski definition) is 2. The molecule has 1 amide bonds. The Morgan fingerprint density at radius 3 is 2.78 bits per heavy atom. The van der Waals surface area contributed by atoms with Crippen LogP contribution in [0.4, 0.5) is 4.79 Å². The van der Waals surface area contributed by atoms with Crippen molar-refractivity contribution in [2.45, 2.75) is 38.1 Å². The lowest BCUT2D eigenvalue weighted by atomic mass is 10.0. The number of hydrogen-bond donors (Lipinski definition) is 0. The van der Waals surface area contributed by atoms with Crippen LogP contribution in [-0.2, 0) is 11.2 Å². The third kappa shape index (κ3) is 3.25. The Bertz CT molecular complexity index is 377. The maximum absolute atomic E-state index is 11.8. The van der Waals surface area contributed by atoms with Gasteiger partial charge in [-0.1, -0.05) is 43.2 Å². The minimum Gasteiger partial charge on any atom is -0.453 e. The van der Waals surface area contributed by atoms with Crippen LogP contribution in [0.1, 0.15) is 31.2 Å². The van der Waals surface area contributed by atoms with Crippen LogP contribution in [-0.4, -0.2) is 30.7 Å². The molecule has 1 saturated heterocycles. The minimum atomic E-state index is -0.183. The molecule has 0 bridgehead atoms. The summed E-state index contributed by atoms with van der Waals surface area (Å²) in [5, 5.41) is 0. The zero-order chi connectivity index (χ0) is 12.8. The van der Waals surface area contributed by atoms with Crippen LogP contribution in [0, 0.1) is 0 Å². The highest BCUT2D eigenvalue weighted by atomic mass is 16.5. The van der Waals surface area contributed by atoms with Crippen LogP contribution in [0.15, 0.2) is 30.3 Å². The van der Waals surface area contributed by atoms with Crippen molar-refractivity contribution < 1.29 is 9.53 Å². The largest absolute Gasteiger partial charge is 0.453 e. The first-order valence-corrected chi connectivity index (χ1v) is 6.70. The summed E-state index contributed by atoms with van der Waals surface area (Å²) in [6, 6.07) is 10.7. The fourth-order valence-corrected chi connectivity index (χ4v) is 2.63. The molecular formula is C15H21NO2. The molecule has 1 atom stereocenters. The van der Waals surface area contributed by atoms with E-state index in [9.17, 15) is 4.79 Å². The molecule has 1 aliphatic heterocycles. The van der Waals surface area contributed by atoms with Gasteiger partial charge in [0.05, 0.1) is 7.11 Å². The summed E-state index contributed by atoms with van der Waals surface area (Å²) < 4.78 is 4.90. The number of methoxy groups -OCH3 is 1. The van der Waals surface area contributed by atoms with Crippen LogP contribution in [0.2, 0.25) is 0 Å². The van der Waals surface area contributed by atoms with Gasteiger partial charge in [0.15, 0.2) is 0 Å². The van der Waals surface area contributed by atoms with Gasteiger partial charge in [-0.05, 0) is 24.8 Å². The normalized spacial score (nSPS) is 20.3. The third-order valence-electron chi connectivity index (χ3n) is 3.60. The van der Waals surface area contributed by atoms with Crippen LogP contribution < -0.4 is 0 Å². The van der Waals surface area contributed by atoms with Crippen molar-refractivity contribution in [1.29, 1.82) is 0 Å².